The number of fused-ring (bicyclic) bond motifs is 1. The van der Waals surface area contributed by atoms with E-state index in [9.17, 15) is 9.59 Å². The van der Waals surface area contributed by atoms with E-state index in [0.717, 1.165) is 12.8 Å². The standard InChI is InChI=1S/C19H22N4O4/c1-26-9-8-21-12-20-17-16(21)18(24)22(11-13-6-7-13)19(25)23(17)14-4-3-5-15(10-14)27-2/h3-5,10,12-13H,6-9,11H2,1-2H3. The van der Waals surface area contributed by atoms with E-state index in [-0.39, 0.29) is 11.2 Å². The molecule has 0 N–H and O–H groups in total. The molecular weight excluding hydrogens is 348 g/mol. The average Bonchev–Trinajstić information content (AvgIpc) is 3.41. The van der Waals surface area contributed by atoms with Crippen molar-refractivity contribution in [2.24, 2.45) is 5.92 Å². The van der Waals surface area contributed by atoms with Gasteiger partial charge >= 0.3 is 5.69 Å². The molecule has 142 valence electrons. The summed E-state index contributed by atoms with van der Waals surface area (Å²) in [4.78, 5) is 30.7. The summed E-state index contributed by atoms with van der Waals surface area (Å²) >= 11 is 0. The van der Waals surface area contributed by atoms with Crippen LogP contribution >= 0.6 is 0 Å². The lowest BCUT2D eigenvalue weighted by molar-refractivity contribution is 0.188. The van der Waals surface area contributed by atoms with Crippen molar-refractivity contribution >= 4 is 11.2 Å². The summed E-state index contributed by atoms with van der Waals surface area (Å²) < 4.78 is 15.0. The predicted molar refractivity (Wildman–Crippen MR) is 101 cm³/mol. The Kier molecular flexibility index (Phi) is 4.57. The molecule has 0 bridgehead atoms. The van der Waals surface area contributed by atoms with Crippen molar-refractivity contribution in [3.05, 3.63) is 51.4 Å². The molecule has 3 aromatic rings. The fourth-order valence-electron chi connectivity index (χ4n) is 3.24. The summed E-state index contributed by atoms with van der Waals surface area (Å²) in [5.41, 5.74) is 0.710. The molecule has 0 radical (unpaired) electrons. The Morgan fingerprint density at radius 1 is 1.22 bits per heavy atom. The Balaban J connectivity index is 1.99. The highest BCUT2D eigenvalue weighted by Gasteiger charge is 2.26. The van der Waals surface area contributed by atoms with Crippen LogP contribution in [-0.4, -0.2) is 39.5 Å². The molecule has 0 atom stereocenters. The number of nitrogens with zero attached hydrogens (tertiary/aromatic N) is 4. The maximum absolute atomic E-state index is 13.2. The van der Waals surface area contributed by atoms with E-state index in [1.54, 1.807) is 31.2 Å². The zero-order valence-electron chi connectivity index (χ0n) is 15.4. The number of hydrogen-bond donors (Lipinski definition) is 0. The summed E-state index contributed by atoms with van der Waals surface area (Å²) in [5.74, 6) is 1.02. The van der Waals surface area contributed by atoms with Crippen LogP contribution in [0.4, 0.5) is 0 Å². The second-order valence-electron chi connectivity index (χ2n) is 6.78. The van der Waals surface area contributed by atoms with Gasteiger partial charge in [-0.15, -0.1) is 0 Å². The molecule has 1 fully saturated rings. The van der Waals surface area contributed by atoms with Gasteiger partial charge in [-0.25, -0.2) is 14.3 Å². The third-order valence-electron chi connectivity index (χ3n) is 4.89. The van der Waals surface area contributed by atoms with Crippen molar-refractivity contribution in [1.82, 2.24) is 18.7 Å². The lowest BCUT2D eigenvalue weighted by atomic mass is 10.3. The van der Waals surface area contributed by atoms with Crippen LogP contribution < -0.4 is 16.0 Å². The van der Waals surface area contributed by atoms with Gasteiger partial charge in [0, 0.05) is 26.3 Å². The average molecular weight is 370 g/mol. The summed E-state index contributed by atoms with van der Waals surface area (Å²) in [6.45, 7) is 1.38. The van der Waals surface area contributed by atoms with Gasteiger partial charge in [0.25, 0.3) is 5.56 Å². The van der Waals surface area contributed by atoms with Crippen LogP contribution in [0.25, 0.3) is 16.9 Å². The molecule has 1 aliphatic rings. The van der Waals surface area contributed by atoms with E-state index in [1.165, 1.54) is 9.13 Å². The Labute approximate surface area is 155 Å². The largest absolute Gasteiger partial charge is 0.497 e. The second-order valence-corrected chi connectivity index (χ2v) is 6.78. The van der Waals surface area contributed by atoms with Crippen LogP contribution in [0.1, 0.15) is 12.8 Å². The fourth-order valence-corrected chi connectivity index (χ4v) is 3.24. The number of methoxy groups -OCH3 is 2. The molecule has 2 heterocycles. The van der Waals surface area contributed by atoms with Gasteiger partial charge in [-0.2, -0.15) is 0 Å². The Hall–Kier alpha value is -2.87. The summed E-state index contributed by atoms with van der Waals surface area (Å²) in [6, 6.07) is 7.19. The van der Waals surface area contributed by atoms with Crippen LogP contribution in [0.15, 0.2) is 40.2 Å². The number of rotatable bonds is 7. The first-order chi connectivity index (χ1) is 13.1. The van der Waals surface area contributed by atoms with Gasteiger partial charge in [-0.1, -0.05) is 6.07 Å². The molecule has 27 heavy (non-hydrogen) atoms. The van der Waals surface area contributed by atoms with Gasteiger partial charge in [-0.05, 0) is 30.9 Å². The minimum atomic E-state index is -0.371. The van der Waals surface area contributed by atoms with E-state index in [4.69, 9.17) is 9.47 Å². The van der Waals surface area contributed by atoms with E-state index in [1.807, 2.05) is 18.2 Å². The van der Waals surface area contributed by atoms with Crippen molar-refractivity contribution in [1.29, 1.82) is 0 Å². The summed E-state index contributed by atoms with van der Waals surface area (Å²) in [6.07, 6.45) is 3.68. The van der Waals surface area contributed by atoms with Gasteiger partial charge in [0.2, 0.25) is 0 Å². The number of benzene rings is 1. The van der Waals surface area contributed by atoms with Crippen molar-refractivity contribution in [2.75, 3.05) is 20.8 Å². The fraction of sp³-hybridized carbons (Fsp3) is 0.421. The molecule has 0 amide bonds. The molecule has 1 saturated carbocycles. The molecular formula is C19H22N4O4. The Morgan fingerprint density at radius 3 is 2.74 bits per heavy atom. The van der Waals surface area contributed by atoms with Crippen LogP contribution in [0.3, 0.4) is 0 Å². The van der Waals surface area contributed by atoms with Gasteiger partial charge in [-0.3, -0.25) is 9.36 Å². The SMILES string of the molecule is COCCn1cnc2c1c(=O)n(CC1CC1)c(=O)n2-c1cccc(OC)c1. The first kappa shape index (κ1) is 17.5. The molecule has 0 saturated heterocycles. The first-order valence-electron chi connectivity index (χ1n) is 8.98. The molecule has 4 rings (SSSR count). The first-order valence-corrected chi connectivity index (χ1v) is 8.98. The maximum Gasteiger partial charge on any atom is 0.337 e. The van der Waals surface area contributed by atoms with E-state index in [2.05, 4.69) is 4.98 Å². The van der Waals surface area contributed by atoms with Gasteiger partial charge < -0.3 is 14.0 Å². The molecule has 0 spiro atoms. The molecule has 1 aromatic carbocycles. The molecule has 8 nitrogen and oxygen atoms in total. The summed E-state index contributed by atoms with van der Waals surface area (Å²) in [7, 11) is 3.18. The van der Waals surface area contributed by atoms with Gasteiger partial charge in [0.05, 0.1) is 25.7 Å². The molecule has 2 aromatic heterocycles. The maximum atomic E-state index is 13.2. The third-order valence-corrected chi connectivity index (χ3v) is 4.89. The smallest absolute Gasteiger partial charge is 0.337 e. The minimum Gasteiger partial charge on any atom is -0.497 e. The van der Waals surface area contributed by atoms with Crippen molar-refractivity contribution in [2.45, 2.75) is 25.9 Å². The number of hydrogen-bond acceptors (Lipinski definition) is 5. The Bertz CT molecular complexity index is 1090. The minimum absolute atomic E-state index is 0.297. The zero-order valence-corrected chi connectivity index (χ0v) is 15.4. The van der Waals surface area contributed by atoms with E-state index >= 15 is 0 Å². The van der Waals surface area contributed by atoms with Crippen LogP contribution in [0.5, 0.6) is 5.75 Å². The van der Waals surface area contributed by atoms with Crippen molar-refractivity contribution in [3.8, 4) is 11.4 Å². The van der Waals surface area contributed by atoms with Crippen LogP contribution in [0.2, 0.25) is 0 Å². The topological polar surface area (TPSA) is 80.3 Å². The third kappa shape index (κ3) is 3.16. The van der Waals surface area contributed by atoms with Gasteiger partial charge in [0.1, 0.15) is 5.75 Å². The number of ether oxygens (including phenoxy) is 2. The lowest BCUT2D eigenvalue weighted by Crippen LogP contribution is -2.40. The molecule has 8 heteroatoms. The van der Waals surface area contributed by atoms with Crippen LogP contribution in [-0.2, 0) is 17.8 Å². The highest BCUT2D eigenvalue weighted by molar-refractivity contribution is 5.72. The van der Waals surface area contributed by atoms with Gasteiger partial charge in [0.15, 0.2) is 11.2 Å². The van der Waals surface area contributed by atoms with Crippen molar-refractivity contribution < 1.29 is 9.47 Å². The quantitative estimate of drug-likeness (QED) is 0.628. The second kappa shape index (κ2) is 7.03. The highest BCUT2D eigenvalue weighted by atomic mass is 16.5. The van der Waals surface area contributed by atoms with Crippen LogP contribution in [0, 0.1) is 5.92 Å². The summed E-state index contributed by atoms with van der Waals surface area (Å²) in [5, 5.41) is 0. The lowest BCUT2D eigenvalue weighted by Gasteiger charge is -2.13. The molecule has 1 aliphatic carbocycles. The van der Waals surface area contributed by atoms with E-state index < -0.39 is 0 Å². The normalized spacial score (nSPS) is 14.0. The Morgan fingerprint density at radius 2 is 2.04 bits per heavy atom. The number of imidazole rings is 1. The predicted octanol–water partition coefficient (Wildman–Crippen LogP) is 1.41. The molecule has 0 unspecified atom stereocenters. The zero-order chi connectivity index (χ0) is 19.0. The van der Waals surface area contributed by atoms with Crippen molar-refractivity contribution in [3.63, 3.8) is 0 Å². The molecule has 0 aliphatic heterocycles. The monoisotopic (exact) mass is 370 g/mol. The van der Waals surface area contributed by atoms with E-state index in [0.29, 0.717) is 48.2 Å². The highest BCUT2D eigenvalue weighted by Crippen LogP contribution is 2.30. The number of aromatic nitrogens is 4.